The molecule has 2 heterocycles. The Morgan fingerprint density at radius 1 is 1.14 bits per heavy atom. The third-order valence-electron chi connectivity index (χ3n) is 4.40. The van der Waals surface area contributed by atoms with Gasteiger partial charge in [0.15, 0.2) is 6.10 Å². The van der Waals surface area contributed by atoms with Crippen molar-refractivity contribution in [2.45, 2.75) is 33.4 Å². The first-order valence-electron chi connectivity index (χ1n) is 9.17. The van der Waals surface area contributed by atoms with Crippen molar-refractivity contribution in [1.29, 1.82) is 0 Å². The Labute approximate surface area is 173 Å². The van der Waals surface area contributed by atoms with Crippen molar-refractivity contribution < 1.29 is 19.1 Å². The molecule has 0 spiro atoms. The topological polar surface area (TPSA) is 77.4 Å². The molecule has 1 aromatic carbocycles. The lowest BCUT2D eigenvalue weighted by Crippen LogP contribution is -2.24. The van der Waals surface area contributed by atoms with E-state index in [-0.39, 0.29) is 11.7 Å². The van der Waals surface area contributed by atoms with Gasteiger partial charge in [-0.3, -0.25) is 9.59 Å². The molecule has 1 unspecified atom stereocenters. The average Bonchev–Trinajstić information content (AvgIpc) is 3.38. The minimum Gasteiger partial charge on any atom is -0.451 e. The summed E-state index contributed by atoms with van der Waals surface area (Å²) in [6.45, 7) is 5.33. The molecule has 29 heavy (non-hydrogen) atoms. The minimum atomic E-state index is -0.911. The van der Waals surface area contributed by atoms with Crippen molar-refractivity contribution in [3.8, 4) is 5.69 Å². The number of benzene rings is 1. The van der Waals surface area contributed by atoms with E-state index in [0.29, 0.717) is 17.0 Å². The predicted octanol–water partition coefficient (Wildman–Crippen LogP) is 3.91. The second-order valence-corrected chi connectivity index (χ2v) is 7.85. The number of amides is 1. The third kappa shape index (κ3) is 5.00. The van der Waals surface area contributed by atoms with Crippen LogP contribution in [0.15, 0.2) is 54.9 Å². The van der Waals surface area contributed by atoms with Crippen LogP contribution in [0.1, 0.15) is 44.3 Å². The minimum absolute atomic E-state index is 0.133. The van der Waals surface area contributed by atoms with Gasteiger partial charge in [-0.25, -0.2) is 4.79 Å². The maximum atomic E-state index is 12.6. The molecule has 1 atom stereocenters. The van der Waals surface area contributed by atoms with Gasteiger partial charge in [0.05, 0.1) is 17.0 Å². The highest BCUT2D eigenvalue weighted by atomic mass is 32.1. The summed E-state index contributed by atoms with van der Waals surface area (Å²) in [5, 5.41) is 2.69. The average molecular weight is 410 g/mol. The maximum absolute atomic E-state index is 12.6. The highest BCUT2D eigenvalue weighted by molar-refractivity contribution is 7.14. The van der Waals surface area contributed by atoms with Crippen LogP contribution in [0.2, 0.25) is 0 Å². The third-order valence-corrected chi connectivity index (χ3v) is 5.50. The zero-order valence-electron chi connectivity index (χ0n) is 16.5. The van der Waals surface area contributed by atoms with Crippen LogP contribution in [-0.2, 0) is 16.1 Å². The lowest BCUT2D eigenvalue weighted by Gasteiger charge is -2.13. The molecule has 0 fully saturated rings. The first-order valence-corrected chi connectivity index (χ1v) is 9.99. The van der Waals surface area contributed by atoms with E-state index in [4.69, 9.17) is 4.74 Å². The summed E-state index contributed by atoms with van der Waals surface area (Å²) in [5.41, 5.74) is 2.29. The van der Waals surface area contributed by atoms with Crippen LogP contribution in [-0.4, -0.2) is 28.3 Å². The molecule has 1 N–H and O–H groups in total. The number of nitrogens with one attached hydrogen (secondary N) is 1. The van der Waals surface area contributed by atoms with Gasteiger partial charge >= 0.3 is 5.97 Å². The van der Waals surface area contributed by atoms with E-state index in [1.54, 1.807) is 31.2 Å². The highest BCUT2D eigenvalue weighted by Gasteiger charge is 2.22. The van der Waals surface area contributed by atoms with Gasteiger partial charge in [-0.05, 0) is 55.8 Å². The summed E-state index contributed by atoms with van der Waals surface area (Å²) < 4.78 is 7.33. The molecule has 0 saturated heterocycles. The Bertz CT molecular complexity index is 1040. The molecular weight excluding hydrogens is 388 g/mol. The van der Waals surface area contributed by atoms with E-state index in [1.807, 2.05) is 42.1 Å². The van der Waals surface area contributed by atoms with Crippen LogP contribution in [0, 0.1) is 6.92 Å². The first kappa shape index (κ1) is 20.5. The summed E-state index contributed by atoms with van der Waals surface area (Å²) in [6, 6.07) is 12.6. The zero-order valence-corrected chi connectivity index (χ0v) is 17.3. The number of aryl methyl sites for hydroxylation is 1. The van der Waals surface area contributed by atoms with Gasteiger partial charge in [0.2, 0.25) is 11.7 Å². The molecule has 0 radical (unpaired) electrons. The molecule has 0 aliphatic carbocycles. The van der Waals surface area contributed by atoms with Crippen molar-refractivity contribution in [3.63, 3.8) is 0 Å². The van der Waals surface area contributed by atoms with E-state index < -0.39 is 12.1 Å². The van der Waals surface area contributed by atoms with Crippen molar-refractivity contribution in [2.75, 3.05) is 0 Å². The molecule has 0 aliphatic heterocycles. The standard InChI is InChI=1S/C22H22N2O4S/c1-14-6-7-17(12-19(14)24-10-4-5-11-24)22(27)28-15(2)21(26)20-9-8-18(29-20)13-23-16(3)25/h4-12,15H,13H2,1-3H3,(H,23,25). The van der Waals surface area contributed by atoms with Crippen molar-refractivity contribution >= 4 is 29.0 Å². The number of ether oxygens (including phenoxy) is 1. The highest BCUT2D eigenvalue weighted by Crippen LogP contribution is 2.21. The van der Waals surface area contributed by atoms with Gasteiger partial charge in [0, 0.05) is 29.9 Å². The monoisotopic (exact) mass is 410 g/mol. The van der Waals surface area contributed by atoms with Crippen molar-refractivity contribution in [2.24, 2.45) is 0 Å². The molecule has 2 aromatic heterocycles. The summed E-state index contributed by atoms with van der Waals surface area (Å²) >= 11 is 1.28. The van der Waals surface area contributed by atoms with Gasteiger partial charge in [0.25, 0.3) is 0 Å². The smallest absolute Gasteiger partial charge is 0.338 e. The van der Waals surface area contributed by atoms with Gasteiger partial charge in [-0.15, -0.1) is 11.3 Å². The predicted molar refractivity (Wildman–Crippen MR) is 112 cm³/mol. The van der Waals surface area contributed by atoms with Gasteiger partial charge < -0.3 is 14.6 Å². The number of nitrogens with zero attached hydrogens (tertiary/aromatic N) is 1. The number of hydrogen-bond acceptors (Lipinski definition) is 5. The number of thiophene rings is 1. The first-order chi connectivity index (χ1) is 13.8. The van der Waals surface area contributed by atoms with Gasteiger partial charge in [-0.1, -0.05) is 6.07 Å². The molecule has 3 rings (SSSR count). The number of esters is 1. The fourth-order valence-electron chi connectivity index (χ4n) is 2.81. The molecule has 7 heteroatoms. The van der Waals surface area contributed by atoms with Crippen LogP contribution in [0.5, 0.6) is 0 Å². The number of ketones is 1. The summed E-state index contributed by atoms with van der Waals surface area (Å²) in [5.74, 6) is -0.949. The van der Waals surface area contributed by atoms with Crippen LogP contribution in [0.3, 0.4) is 0 Å². The SMILES string of the molecule is CC(=O)NCc1ccc(C(=O)C(C)OC(=O)c2ccc(C)c(-n3cccc3)c2)s1. The number of rotatable bonds is 7. The molecule has 3 aromatic rings. The Morgan fingerprint density at radius 3 is 2.55 bits per heavy atom. The number of aromatic nitrogens is 1. The molecule has 1 amide bonds. The van der Waals surface area contributed by atoms with E-state index in [9.17, 15) is 14.4 Å². The van der Waals surface area contributed by atoms with Crippen LogP contribution in [0.4, 0.5) is 0 Å². The second kappa shape index (κ2) is 8.87. The number of hydrogen-bond donors (Lipinski definition) is 1. The Hall–Kier alpha value is -3.19. The van der Waals surface area contributed by atoms with Crippen LogP contribution in [0.25, 0.3) is 5.69 Å². The van der Waals surface area contributed by atoms with E-state index in [1.165, 1.54) is 18.3 Å². The maximum Gasteiger partial charge on any atom is 0.338 e. The number of carbonyl (C=O) groups excluding carboxylic acids is 3. The largest absolute Gasteiger partial charge is 0.451 e. The second-order valence-electron chi connectivity index (χ2n) is 6.68. The lowest BCUT2D eigenvalue weighted by molar-refractivity contribution is -0.119. The molecule has 0 saturated carbocycles. The fraction of sp³-hybridized carbons (Fsp3) is 0.227. The molecule has 0 bridgehead atoms. The summed E-state index contributed by atoms with van der Waals surface area (Å²) in [7, 11) is 0. The van der Waals surface area contributed by atoms with E-state index in [0.717, 1.165) is 16.1 Å². The fourth-order valence-corrected chi connectivity index (χ4v) is 3.77. The molecule has 6 nitrogen and oxygen atoms in total. The van der Waals surface area contributed by atoms with E-state index >= 15 is 0 Å². The number of Topliss-reactive ketones (excluding diaryl/α,β-unsaturated/α-hetero) is 1. The molecular formula is C22H22N2O4S. The van der Waals surface area contributed by atoms with Crippen LogP contribution < -0.4 is 5.32 Å². The van der Waals surface area contributed by atoms with Crippen molar-refractivity contribution in [3.05, 3.63) is 75.7 Å². The zero-order chi connectivity index (χ0) is 21.0. The lowest BCUT2D eigenvalue weighted by atomic mass is 10.1. The van der Waals surface area contributed by atoms with E-state index in [2.05, 4.69) is 5.32 Å². The quantitative estimate of drug-likeness (QED) is 0.473. The number of carbonyl (C=O) groups is 3. The summed E-state index contributed by atoms with van der Waals surface area (Å²) in [6.07, 6.45) is 2.89. The van der Waals surface area contributed by atoms with Crippen LogP contribution >= 0.6 is 11.3 Å². The molecule has 150 valence electrons. The van der Waals surface area contributed by atoms with Gasteiger partial charge in [-0.2, -0.15) is 0 Å². The normalized spacial score (nSPS) is 11.7. The summed E-state index contributed by atoms with van der Waals surface area (Å²) in [4.78, 5) is 37.5. The Morgan fingerprint density at radius 2 is 1.86 bits per heavy atom. The van der Waals surface area contributed by atoms with Crippen molar-refractivity contribution in [1.82, 2.24) is 9.88 Å². The Balaban J connectivity index is 1.68. The molecule has 0 aliphatic rings. The Kier molecular flexibility index (Phi) is 6.29. The van der Waals surface area contributed by atoms with Gasteiger partial charge in [0.1, 0.15) is 0 Å².